The van der Waals surface area contributed by atoms with Gasteiger partial charge in [0, 0.05) is 45.0 Å². The second-order valence-corrected chi connectivity index (χ2v) is 6.90. The molecule has 0 spiro atoms. The number of halogens is 1. The molecule has 8 nitrogen and oxygen atoms in total. The number of nitrogens with zero attached hydrogens (tertiary/aromatic N) is 4. The van der Waals surface area contributed by atoms with Crippen LogP contribution in [0.4, 0.5) is 0 Å². The van der Waals surface area contributed by atoms with E-state index in [4.69, 9.17) is 4.74 Å². The van der Waals surface area contributed by atoms with Gasteiger partial charge in [-0.05, 0) is 24.7 Å². The van der Waals surface area contributed by atoms with E-state index in [2.05, 4.69) is 10.4 Å². The minimum atomic E-state index is -0.423. The lowest BCUT2D eigenvalue weighted by Crippen LogP contribution is -2.53. The Balaban J connectivity index is 0.00000300. The summed E-state index contributed by atoms with van der Waals surface area (Å²) in [6.07, 6.45) is 3.87. The third-order valence-electron chi connectivity index (χ3n) is 5.03. The number of aromatic nitrogens is 2. The summed E-state index contributed by atoms with van der Waals surface area (Å²) < 4.78 is 6.90. The van der Waals surface area contributed by atoms with Crippen molar-refractivity contribution in [3.05, 3.63) is 47.8 Å². The molecule has 158 valence electrons. The Morgan fingerprint density at radius 3 is 2.48 bits per heavy atom. The average molecular weight is 422 g/mol. The number of aryl methyl sites for hydroxylation is 1. The fourth-order valence-electron chi connectivity index (χ4n) is 3.45. The first-order valence-corrected chi connectivity index (χ1v) is 9.37. The van der Waals surface area contributed by atoms with Gasteiger partial charge in [-0.2, -0.15) is 5.10 Å². The molecular formula is C20H28ClN5O3. The maximum Gasteiger partial charge on any atom is 0.244 e. The van der Waals surface area contributed by atoms with Gasteiger partial charge in [-0.1, -0.05) is 12.1 Å². The molecule has 1 unspecified atom stereocenters. The van der Waals surface area contributed by atoms with Crippen LogP contribution >= 0.6 is 12.4 Å². The maximum atomic E-state index is 12.9. The van der Waals surface area contributed by atoms with E-state index in [9.17, 15) is 9.59 Å². The average Bonchev–Trinajstić information content (AvgIpc) is 3.14. The van der Waals surface area contributed by atoms with E-state index in [-0.39, 0.29) is 24.2 Å². The van der Waals surface area contributed by atoms with Crippen molar-refractivity contribution < 1.29 is 14.3 Å². The number of carbonyl (C=O) groups is 2. The fourth-order valence-corrected chi connectivity index (χ4v) is 3.45. The number of carbonyl (C=O) groups excluding carboxylic acids is 2. The van der Waals surface area contributed by atoms with Crippen LogP contribution in [0.25, 0.3) is 0 Å². The van der Waals surface area contributed by atoms with Crippen LogP contribution in [0.5, 0.6) is 5.75 Å². The minimum Gasteiger partial charge on any atom is -0.497 e. The number of likely N-dealkylation sites (N-methyl/N-ethyl adjacent to an activating group) is 1. The van der Waals surface area contributed by atoms with Crippen LogP contribution in [0.2, 0.25) is 0 Å². The van der Waals surface area contributed by atoms with Crippen LogP contribution in [-0.4, -0.2) is 71.7 Å². The van der Waals surface area contributed by atoms with Crippen molar-refractivity contribution in [3.8, 4) is 5.75 Å². The van der Waals surface area contributed by atoms with E-state index in [1.54, 1.807) is 25.0 Å². The van der Waals surface area contributed by atoms with Crippen LogP contribution in [-0.2, 0) is 23.1 Å². The summed E-state index contributed by atoms with van der Waals surface area (Å²) in [6, 6.07) is 7.12. The zero-order chi connectivity index (χ0) is 20.1. The molecule has 1 N–H and O–H groups in total. The summed E-state index contributed by atoms with van der Waals surface area (Å²) in [4.78, 5) is 29.1. The Morgan fingerprint density at radius 2 is 1.90 bits per heavy atom. The maximum absolute atomic E-state index is 12.9. The molecule has 0 aliphatic carbocycles. The zero-order valence-corrected chi connectivity index (χ0v) is 17.8. The summed E-state index contributed by atoms with van der Waals surface area (Å²) in [5.74, 6) is 0.822. The van der Waals surface area contributed by atoms with E-state index in [0.29, 0.717) is 32.6 Å². The number of methoxy groups -OCH3 is 1. The molecule has 1 saturated heterocycles. The molecule has 1 fully saturated rings. The molecule has 2 heterocycles. The Morgan fingerprint density at radius 1 is 1.21 bits per heavy atom. The predicted octanol–water partition coefficient (Wildman–Crippen LogP) is 1.02. The van der Waals surface area contributed by atoms with Crippen LogP contribution in [0, 0.1) is 0 Å². The number of hydrogen-bond acceptors (Lipinski definition) is 5. The molecule has 1 aromatic carbocycles. The molecule has 0 radical (unpaired) electrons. The summed E-state index contributed by atoms with van der Waals surface area (Å²) in [7, 11) is 5.21. The molecule has 3 rings (SSSR count). The van der Waals surface area contributed by atoms with Crippen molar-refractivity contribution >= 4 is 24.2 Å². The van der Waals surface area contributed by atoms with Gasteiger partial charge < -0.3 is 19.9 Å². The van der Waals surface area contributed by atoms with Crippen molar-refractivity contribution in [3.63, 3.8) is 0 Å². The first kappa shape index (κ1) is 22.7. The topological polar surface area (TPSA) is 79.7 Å². The SMILES string of the molecule is CNC(C(=O)N1CCN(C(=O)Cc2cccc(OC)c2)CC1)c1cnn(C)c1.Cl. The van der Waals surface area contributed by atoms with Gasteiger partial charge in [0.1, 0.15) is 11.8 Å². The van der Waals surface area contributed by atoms with Crippen molar-refractivity contribution in [1.82, 2.24) is 24.9 Å². The highest BCUT2D eigenvalue weighted by atomic mass is 35.5. The van der Waals surface area contributed by atoms with Gasteiger partial charge in [0.2, 0.25) is 11.8 Å². The van der Waals surface area contributed by atoms with Crippen molar-refractivity contribution in [2.75, 3.05) is 40.3 Å². The van der Waals surface area contributed by atoms with Gasteiger partial charge in [0.15, 0.2) is 0 Å². The lowest BCUT2D eigenvalue weighted by atomic mass is 10.1. The number of benzene rings is 1. The lowest BCUT2D eigenvalue weighted by molar-refractivity contribution is -0.140. The highest BCUT2D eigenvalue weighted by Crippen LogP contribution is 2.17. The summed E-state index contributed by atoms with van der Waals surface area (Å²) in [6.45, 7) is 2.14. The first-order valence-electron chi connectivity index (χ1n) is 9.37. The largest absolute Gasteiger partial charge is 0.497 e. The van der Waals surface area contributed by atoms with Crippen LogP contribution in [0.3, 0.4) is 0 Å². The fraction of sp³-hybridized carbons (Fsp3) is 0.450. The number of hydrogen-bond donors (Lipinski definition) is 1. The van der Waals surface area contributed by atoms with Crippen LogP contribution in [0.15, 0.2) is 36.7 Å². The number of nitrogens with one attached hydrogen (secondary N) is 1. The number of rotatable bonds is 6. The van der Waals surface area contributed by atoms with Crippen LogP contribution in [0.1, 0.15) is 17.2 Å². The molecule has 2 aromatic rings. The molecule has 29 heavy (non-hydrogen) atoms. The van der Waals surface area contributed by atoms with E-state index < -0.39 is 6.04 Å². The highest BCUT2D eigenvalue weighted by Gasteiger charge is 2.29. The molecule has 2 amide bonds. The molecule has 1 aromatic heterocycles. The second-order valence-electron chi connectivity index (χ2n) is 6.90. The number of amides is 2. The number of piperazine rings is 1. The molecule has 1 atom stereocenters. The molecule has 1 aliphatic heterocycles. The highest BCUT2D eigenvalue weighted by molar-refractivity contribution is 5.85. The quantitative estimate of drug-likeness (QED) is 0.753. The second kappa shape index (κ2) is 10.3. The smallest absolute Gasteiger partial charge is 0.244 e. The standard InChI is InChI=1S/C20H27N5O3.ClH/c1-21-19(16-13-22-23(2)14-16)20(27)25-9-7-24(8-10-25)18(26)12-15-5-4-6-17(11-15)28-3;/h4-6,11,13-14,19,21H,7-10,12H2,1-3H3;1H. The summed E-state index contributed by atoms with van der Waals surface area (Å²) in [5, 5.41) is 7.21. The Hall–Kier alpha value is -2.58. The Labute approximate surface area is 177 Å². The Bertz CT molecular complexity index is 833. The molecule has 0 bridgehead atoms. The summed E-state index contributed by atoms with van der Waals surface area (Å²) >= 11 is 0. The van der Waals surface area contributed by atoms with Crippen molar-refractivity contribution in [2.45, 2.75) is 12.5 Å². The van der Waals surface area contributed by atoms with Gasteiger partial charge in [-0.3, -0.25) is 14.3 Å². The van der Waals surface area contributed by atoms with Gasteiger partial charge in [0.25, 0.3) is 0 Å². The van der Waals surface area contributed by atoms with Crippen LogP contribution < -0.4 is 10.1 Å². The molecular weight excluding hydrogens is 394 g/mol. The molecule has 9 heteroatoms. The van der Waals surface area contributed by atoms with Gasteiger partial charge in [-0.25, -0.2) is 0 Å². The van der Waals surface area contributed by atoms with E-state index >= 15 is 0 Å². The predicted molar refractivity (Wildman–Crippen MR) is 112 cm³/mol. The van der Waals surface area contributed by atoms with Gasteiger partial charge >= 0.3 is 0 Å². The lowest BCUT2D eigenvalue weighted by Gasteiger charge is -2.36. The Kier molecular flexibility index (Phi) is 8.04. The van der Waals surface area contributed by atoms with Crippen molar-refractivity contribution in [1.29, 1.82) is 0 Å². The van der Waals surface area contributed by atoms with E-state index in [1.807, 2.05) is 47.3 Å². The third-order valence-corrected chi connectivity index (χ3v) is 5.03. The minimum absolute atomic E-state index is 0. The molecule has 1 aliphatic rings. The first-order chi connectivity index (χ1) is 13.5. The molecule has 0 saturated carbocycles. The number of ether oxygens (including phenoxy) is 1. The van der Waals surface area contributed by atoms with E-state index in [1.165, 1.54) is 0 Å². The summed E-state index contributed by atoms with van der Waals surface area (Å²) in [5.41, 5.74) is 1.77. The normalized spacial score (nSPS) is 14.9. The van der Waals surface area contributed by atoms with E-state index in [0.717, 1.165) is 16.9 Å². The van der Waals surface area contributed by atoms with Crippen molar-refractivity contribution in [2.24, 2.45) is 7.05 Å². The zero-order valence-electron chi connectivity index (χ0n) is 17.0. The monoisotopic (exact) mass is 421 g/mol. The third kappa shape index (κ3) is 5.48. The van der Waals surface area contributed by atoms with Gasteiger partial charge in [0.05, 0.1) is 19.7 Å². The van der Waals surface area contributed by atoms with Gasteiger partial charge in [-0.15, -0.1) is 12.4 Å².